The fourth-order valence-corrected chi connectivity index (χ4v) is 0.861. The zero-order valence-electron chi connectivity index (χ0n) is 8.98. The Hall–Kier alpha value is -0.820. The lowest BCUT2D eigenvalue weighted by molar-refractivity contribution is -0.876. The molecule has 0 heterocycles. The summed E-state index contributed by atoms with van der Waals surface area (Å²) in [6.45, 7) is 0. The molecule has 84 valence electrons. The van der Waals surface area contributed by atoms with Crippen LogP contribution in [0.25, 0.3) is 0 Å². The smallest absolute Gasteiger partial charge is 0.158 e. The molecule has 0 bridgehead atoms. The molecule has 0 radical (unpaired) electrons. The van der Waals surface area contributed by atoms with E-state index < -0.39 is 0 Å². The van der Waals surface area contributed by atoms with Gasteiger partial charge >= 0.3 is 0 Å². The minimum absolute atomic E-state index is 0. The van der Waals surface area contributed by atoms with E-state index in [1.54, 1.807) is 12.3 Å². The average molecular weight is 322 g/mol. The average Bonchev–Trinajstić information content (AvgIpc) is 2.06. The van der Waals surface area contributed by atoms with Crippen molar-refractivity contribution in [3.8, 4) is 11.5 Å². The molecule has 0 unspecified atom stereocenters. The summed E-state index contributed by atoms with van der Waals surface area (Å²) in [7, 11) is 5.78. The Labute approximate surface area is 106 Å². The van der Waals surface area contributed by atoms with Crippen molar-refractivity contribution >= 4 is 6.21 Å². The highest BCUT2D eigenvalue weighted by atomic mass is 127. The number of hydrogen-bond acceptors (Lipinski definition) is 3. The largest absolute Gasteiger partial charge is 1.00 e. The van der Waals surface area contributed by atoms with E-state index in [4.69, 9.17) is 5.11 Å². The molecule has 0 aromatic heterocycles. The van der Waals surface area contributed by atoms with Crippen molar-refractivity contribution in [2.24, 2.45) is 5.10 Å². The van der Waals surface area contributed by atoms with Crippen LogP contribution in [0.1, 0.15) is 5.56 Å². The third-order valence-electron chi connectivity index (χ3n) is 1.55. The van der Waals surface area contributed by atoms with Gasteiger partial charge in [-0.15, -0.1) is 0 Å². The van der Waals surface area contributed by atoms with Gasteiger partial charge in [0.1, 0.15) is 0 Å². The van der Waals surface area contributed by atoms with E-state index in [-0.39, 0.29) is 35.5 Å². The molecule has 0 aliphatic rings. The number of phenols is 2. The quantitative estimate of drug-likeness (QED) is 0.221. The van der Waals surface area contributed by atoms with Gasteiger partial charge in [-0.1, -0.05) is 5.10 Å². The third kappa shape index (κ3) is 4.98. The Kier molecular flexibility index (Phi) is 5.02. The Bertz CT molecular complexity index is 359. The van der Waals surface area contributed by atoms with Gasteiger partial charge in [-0.05, 0) is 18.2 Å². The minimum Gasteiger partial charge on any atom is -1.00 e. The molecule has 0 saturated carbocycles. The number of benzene rings is 1. The first kappa shape index (κ1) is 14.2. The second-order valence-corrected chi connectivity index (χ2v) is 3.93. The molecule has 0 spiro atoms. The number of halogens is 1. The third-order valence-corrected chi connectivity index (χ3v) is 1.55. The molecule has 0 saturated heterocycles. The van der Waals surface area contributed by atoms with Gasteiger partial charge in [-0.25, -0.2) is 4.59 Å². The van der Waals surface area contributed by atoms with Crippen LogP contribution in [0.5, 0.6) is 11.5 Å². The topological polar surface area (TPSA) is 52.8 Å². The summed E-state index contributed by atoms with van der Waals surface area (Å²) >= 11 is 0. The van der Waals surface area contributed by atoms with Gasteiger partial charge in [0.05, 0.1) is 27.4 Å². The molecule has 2 N–H and O–H groups in total. The molecule has 0 amide bonds. The number of quaternary nitrogens is 1. The Morgan fingerprint density at radius 1 is 1.13 bits per heavy atom. The zero-order chi connectivity index (χ0) is 10.8. The second-order valence-electron chi connectivity index (χ2n) is 3.93. The zero-order valence-corrected chi connectivity index (χ0v) is 11.1. The van der Waals surface area contributed by atoms with E-state index in [2.05, 4.69) is 5.10 Å². The first-order chi connectivity index (χ1) is 6.38. The molecule has 0 aliphatic heterocycles. The van der Waals surface area contributed by atoms with Crippen molar-refractivity contribution in [3.63, 3.8) is 0 Å². The number of phenolic OH excluding ortho intramolecular Hbond substituents is 2. The summed E-state index contributed by atoms with van der Waals surface area (Å²) in [5, 5.41) is 22.5. The molecule has 4 nitrogen and oxygen atoms in total. The van der Waals surface area contributed by atoms with Crippen molar-refractivity contribution in [2.45, 2.75) is 0 Å². The summed E-state index contributed by atoms with van der Waals surface area (Å²) in [6, 6.07) is 4.59. The van der Waals surface area contributed by atoms with Gasteiger partial charge in [0.2, 0.25) is 0 Å². The van der Waals surface area contributed by atoms with E-state index in [1.165, 1.54) is 12.1 Å². The van der Waals surface area contributed by atoms with Crippen molar-refractivity contribution in [1.82, 2.24) is 0 Å². The van der Waals surface area contributed by atoms with Crippen LogP contribution in [0.4, 0.5) is 0 Å². The van der Waals surface area contributed by atoms with Gasteiger partial charge < -0.3 is 34.2 Å². The Morgan fingerprint density at radius 3 is 2.20 bits per heavy atom. The number of rotatable bonds is 2. The lowest BCUT2D eigenvalue weighted by Gasteiger charge is -2.14. The van der Waals surface area contributed by atoms with Crippen molar-refractivity contribution in [2.75, 3.05) is 21.1 Å². The van der Waals surface area contributed by atoms with Crippen molar-refractivity contribution in [3.05, 3.63) is 23.8 Å². The molecule has 0 fully saturated rings. The maximum absolute atomic E-state index is 9.21. The van der Waals surface area contributed by atoms with Crippen LogP contribution in [0.3, 0.4) is 0 Å². The fourth-order valence-electron chi connectivity index (χ4n) is 0.861. The minimum atomic E-state index is -0.129. The summed E-state index contributed by atoms with van der Waals surface area (Å²) in [5.74, 6) is -0.247. The molecule has 5 heteroatoms. The van der Waals surface area contributed by atoms with Crippen molar-refractivity contribution < 1.29 is 38.8 Å². The van der Waals surface area contributed by atoms with Crippen LogP contribution < -0.4 is 24.0 Å². The van der Waals surface area contributed by atoms with E-state index in [1.807, 2.05) is 21.1 Å². The van der Waals surface area contributed by atoms with Crippen LogP contribution in [0.2, 0.25) is 0 Å². The number of hydrogen-bond donors (Lipinski definition) is 2. The molecule has 15 heavy (non-hydrogen) atoms. The van der Waals surface area contributed by atoms with Gasteiger partial charge in [0.15, 0.2) is 11.5 Å². The molecule has 0 atom stereocenters. The van der Waals surface area contributed by atoms with Crippen LogP contribution in [0, 0.1) is 0 Å². The molecular weight excluding hydrogens is 307 g/mol. The predicted molar refractivity (Wildman–Crippen MR) is 55.4 cm³/mol. The molecule has 1 aromatic carbocycles. The molecule has 0 aliphatic carbocycles. The maximum Gasteiger partial charge on any atom is 0.158 e. The predicted octanol–water partition coefficient (Wildman–Crippen LogP) is -1.86. The lowest BCUT2D eigenvalue weighted by Crippen LogP contribution is -3.00. The van der Waals surface area contributed by atoms with Crippen LogP contribution in [-0.2, 0) is 0 Å². The van der Waals surface area contributed by atoms with Gasteiger partial charge in [-0.2, -0.15) is 0 Å². The second kappa shape index (κ2) is 5.32. The summed E-state index contributed by atoms with van der Waals surface area (Å²) in [6.07, 6.45) is 1.65. The van der Waals surface area contributed by atoms with Crippen LogP contribution >= 0.6 is 0 Å². The van der Waals surface area contributed by atoms with E-state index in [9.17, 15) is 5.11 Å². The van der Waals surface area contributed by atoms with Crippen LogP contribution in [0.15, 0.2) is 23.3 Å². The lowest BCUT2D eigenvalue weighted by atomic mass is 10.2. The Morgan fingerprint density at radius 2 is 1.73 bits per heavy atom. The number of nitrogens with zero attached hydrogens (tertiary/aromatic N) is 2. The standard InChI is InChI=1S/C10H14N2O2.HI/c1-12(2,3)11-7-8-4-5-9(13)10(14)6-8;/h4-7H,1-3H3,(H-,11,13,14);1H. The first-order valence-corrected chi connectivity index (χ1v) is 4.27. The number of aromatic hydroxyl groups is 2. The van der Waals surface area contributed by atoms with E-state index >= 15 is 0 Å². The molecule has 1 rings (SSSR count). The fraction of sp³-hybridized carbons (Fsp3) is 0.300. The first-order valence-electron chi connectivity index (χ1n) is 4.27. The highest BCUT2D eigenvalue weighted by Gasteiger charge is 2.03. The maximum atomic E-state index is 9.21. The van der Waals surface area contributed by atoms with Gasteiger partial charge in [0.25, 0.3) is 0 Å². The van der Waals surface area contributed by atoms with Gasteiger partial charge in [-0.3, -0.25) is 0 Å². The monoisotopic (exact) mass is 322 g/mol. The van der Waals surface area contributed by atoms with Crippen molar-refractivity contribution in [1.29, 1.82) is 0 Å². The molecule has 1 aromatic rings. The van der Waals surface area contributed by atoms with Crippen LogP contribution in [-0.4, -0.2) is 42.2 Å². The van der Waals surface area contributed by atoms with Gasteiger partial charge in [0, 0.05) is 5.56 Å². The highest BCUT2D eigenvalue weighted by Crippen LogP contribution is 2.24. The Balaban J connectivity index is 0.00000196. The van der Waals surface area contributed by atoms with E-state index in [0.717, 1.165) is 5.56 Å². The summed E-state index contributed by atoms with van der Waals surface area (Å²) in [5.41, 5.74) is 0.758. The molecular formula is C10H15IN2O2. The normalized spacial score (nSPS) is 11.4. The highest BCUT2D eigenvalue weighted by molar-refractivity contribution is 5.80. The SMILES string of the molecule is C[N+](C)(C)/N=C/c1ccc(O)c(O)c1.[I-]. The van der Waals surface area contributed by atoms with E-state index in [0.29, 0.717) is 4.59 Å². The summed E-state index contributed by atoms with van der Waals surface area (Å²) < 4.78 is 0.460. The summed E-state index contributed by atoms with van der Waals surface area (Å²) in [4.78, 5) is 0.